The molecule has 1 aromatic carbocycles. The first-order valence-electron chi connectivity index (χ1n) is 5.51. The van der Waals surface area contributed by atoms with Crippen molar-refractivity contribution in [2.24, 2.45) is 5.92 Å². The van der Waals surface area contributed by atoms with E-state index in [-0.39, 0.29) is 0 Å². The Bertz CT molecular complexity index is 332. The zero-order chi connectivity index (χ0) is 9.97. The van der Waals surface area contributed by atoms with Crippen LogP contribution in [0.25, 0.3) is 5.57 Å². The minimum absolute atomic E-state index is 0.892. The summed E-state index contributed by atoms with van der Waals surface area (Å²) in [6.07, 6.45) is 3.99. The van der Waals surface area contributed by atoms with Gasteiger partial charge >= 0.3 is 0 Å². The monoisotopic (exact) mass is 186 g/mol. The first kappa shape index (κ1) is 9.51. The smallest absolute Gasteiger partial charge is 0.0228 e. The Balaban J connectivity index is 2.27. The van der Waals surface area contributed by atoms with Crippen LogP contribution in [-0.4, -0.2) is 0 Å². The maximum absolute atomic E-state index is 2.35. The third-order valence-electron chi connectivity index (χ3n) is 3.27. The first-order chi connectivity index (χ1) is 6.77. The fourth-order valence-electron chi connectivity index (χ4n) is 2.28. The van der Waals surface area contributed by atoms with E-state index in [2.05, 4.69) is 44.2 Å². The van der Waals surface area contributed by atoms with E-state index in [1.165, 1.54) is 30.4 Å². The van der Waals surface area contributed by atoms with Crippen molar-refractivity contribution in [1.29, 1.82) is 0 Å². The molecule has 0 radical (unpaired) electrons. The Labute approximate surface area is 86.7 Å². The van der Waals surface area contributed by atoms with Crippen LogP contribution in [0.4, 0.5) is 0 Å². The average Bonchev–Trinajstić information content (AvgIpc) is 2.65. The molecule has 0 aromatic heterocycles. The first-order valence-corrected chi connectivity index (χ1v) is 5.51. The molecule has 0 amide bonds. The molecule has 14 heavy (non-hydrogen) atoms. The van der Waals surface area contributed by atoms with Crippen LogP contribution in [0, 0.1) is 5.92 Å². The van der Waals surface area contributed by atoms with Crippen LogP contribution < -0.4 is 0 Å². The van der Waals surface area contributed by atoms with Crippen LogP contribution in [0.1, 0.15) is 38.7 Å². The Hall–Kier alpha value is -1.04. The van der Waals surface area contributed by atoms with Gasteiger partial charge < -0.3 is 0 Å². The quantitative estimate of drug-likeness (QED) is 0.614. The van der Waals surface area contributed by atoms with Gasteiger partial charge in [0.2, 0.25) is 0 Å². The van der Waals surface area contributed by atoms with Crippen molar-refractivity contribution in [3.63, 3.8) is 0 Å². The van der Waals surface area contributed by atoms with Crippen LogP contribution >= 0.6 is 0 Å². The Morgan fingerprint density at radius 3 is 2.50 bits per heavy atom. The second kappa shape index (κ2) is 4.00. The highest BCUT2D eigenvalue weighted by molar-refractivity contribution is 5.67. The molecule has 0 nitrogen and oxygen atoms in total. The zero-order valence-electron chi connectivity index (χ0n) is 9.09. The highest BCUT2D eigenvalue weighted by Crippen LogP contribution is 2.34. The van der Waals surface area contributed by atoms with E-state index in [9.17, 15) is 0 Å². The Morgan fingerprint density at radius 1 is 1.21 bits per heavy atom. The summed E-state index contributed by atoms with van der Waals surface area (Å²) in [5.74, 6) is 0.892. The summed E-state index contributed by atoms with van der Waals surface area (Å²) >= 11 is 0. The molecule has 1 aromatic rings. The molecule has 0 spiro atoms. The van der Waals surface area contributed by atoms with Gasteiger partial charge in [0.15, 0.2) is 0 Å². The molecule has 0 heteroatoms. The van der Waals surface area contributed by atoms with Crippen LogP contribution in [0.15, 0.2) is 35.9 Å². The summed E-state index contributed by atoms with van der Waals surface area (Å²) in [6.45, 7) is 4.62. The van der Waals surface area contributed by atoms with Gasteiger partial charge in [-0.25, -0.2) is 0 Å². The summed E-state index contributed by atoms with van der Waals surface area (Å²) in [4.78, 5) is 0. The Kier molecular flexibility index (Phi) is 2.72. The average molecular weight is 186 g/mol. The van der Waals surface area contributed by atoms with Gasteiger partial charge in [0, 0.05) is 0 Å². The van der Waals surface area contributed by atoms with Crippen LogP contribution in [-0.2, 0) is 0 Å². The molecule has 2 rings (SSSR count). The third-order valence-corrected chi connectivity index (χ3v) is 3.27. The summed E-state index contributed by atoms with van der Waals surface area (Å²) in [6, 6.07) is 10.8. The molecule has 0 N–H and O–H groups in total. The van der Waals surface area contributed by atoms with Crippen molar-refractivity contribution in [2.45, 2.75) is 33.1 Å². The lowest BCUT2D eigenvalue weighted by atomic mass is 10.00. The third kappa shape index (κ3) is 1.89. The SMILES string of the molecule is CC(=C1CCC(C)C1)c1ccccc1. The van der Waals surface area contributed by atoms with E-state index in [1.807, 2.05) is 0 Å². The molecular formula is C14H18. The lowest BCUT2D eigenvalue weighted by Gasteiger charge is -2.06. The molecule has 0 aliphatic heterocycles. The van der Waals surface area contributed by atoms with E-state index in [0.717, 1.165) is 5.92 Å². The van der Waals surface area contributed by atoms with Crippen LogP contribution in [0.5, 0.6) is 0 Å². The zero-order valence-corrected chi connectivity index (χ0v) is 9.09. The van der Waals surface area contributed by atoms with Gasteiger partial charge in [0.05, 0.1) is 0 Å². The maximum Gasteiger partial charge on any atom is -0.0228 e. The molecule has 1 atom stereocenters. The predicted molar refractivity (Wildman–Crippen MR) is 62.1 cm³/mol. The summed E-state index contributed by atoms with van der Waals surface area (Å²) in [5, 5.41) is 0. The fourth-order valence-corrected chi connectivity index (χ4v) is 2.28. The number of rotatable bonds is 1. The second-order valence-corrected chi connectivity index (χ2v) is 4.44. The van der Waals surface area contributed by atoms with Gasteiger partial charge in [-0.1, -0.05) is 42.8 Å². The van der Waals surface area contributed by atoms with Crippen LogP contribution in [0.3, 0.4) is 0 Å². The van der Waals surface area contributed by atoms with Gasteiger partial charge in [-0.3, -0.25) is 0 Å². The molecule has 1 aliphatic rings. The summed E-state index contributed by atoms with van der Waals surface area (Å²) in [5.41, 5.74) is 4.58. The molecule has 74 valence electrons. The molecule has 0 bridgehead atoms. The molecule has 1 unspecified atom stereocenters. The van der Waals surface area contributed by atoms with Crippen LogP contribution in [0.2, 0.25) is 0 Å². The fraction of sp³-hybridized carbons (Fsp3) is 0.429. The van der Waals surface area contributed by atoms with Gasteiger partial charge in [-0.2, -0.15) is 0 Å². The lowest BCUT2D eigenvalue weighted by Crippen LogP contribution is -1.85. The van der Waals surface area contributed by atoms with Crippen molar-refractivity contribution in [3.8, 4) is 0 Å². The molecule has 1 saturated carbocycles. The number of hydrogen-bond acceptors (Lipinski definition) is 0. The summed E-state index contributed by atoms with van der Waals surface area (Å²) < 4.78 is 0. The Morgan fingerprint density at radius 2 is 1.93 bits per heavy atom. The van der Waals surface area contributed by atoms with Crippen molar-refractivity contribution in [3.05, 3.63) is 41.5 Å². The number of hydrogen-bond donors (Lipinski definition) is 0. The highest BCUT2D eigenvalue weighted by Gasteiger charge is 2.17. The van der Waals surface area contributed by atoms with Crippen molar-refractivity contribution in [2.75, 3.05) is 0 Å². The van der Waals surface area contributed by atoms with Gasteiger partial charge in [0.25, 0.3) is 0 Å². The molecule has 1 fully saturated rings. The lowest BCUT2D eigenvalue weighted by molar-refractivity contribution is 0.620. The van der Waals surface area contributed by atoms with Gasteiger partial charge in [-0.05, 0) is 43.2 Å². The largest absolute Gasteiger partial charge is 0.0664 e. The second-order valence-electron chi connectivity index (χ2n) is 4.44. The molecular weight excluding hydrogens is 168 g/mol. The van der Waals surface area contributed by atoms with Gasteiger partial charge in [0.1, 0.15) is 0 Å². The molecule has 0 saturated heterocycles. The van der Waals surface area contributed by atoms with Crippen molar-refractivity contribution >= 4 is 5.57 Å². The van der Waals surface area contributed by atoms with E-state index in [1.54, 1.807) is 5.57 Å². The van der Waals surface area contributed by atoms with E-state index >= 15 is 0 Å². The minimum Gasteiger partial charge on any atom is -0.0664 e. The van der Waals surface area contributed by atoms with Gasteiger partial charge in [-0.15, -0.1) is 0 Å². The topological polar surface area (TPSA) is 0 Å². The molecule has 0 heterocycles. The normalized spacial score (nSPS) is 25.1. The van der Waals surface area contributed by atoms with E-state index < -0.39 is 0 Å². The number of benzene rings is 1. The maximum atomic E-state index is 2.35. The summed E-state index contributed by atoms with van der Waals surface area (Å²) in [7, 11) is 0. The minimum atomic E-state index is 0.892. The standard InChI is InChI=1S/C14H18/c1-11-8-9-14(10-11)12(2)13-6-4-3-5-7-13/h3-7,11H,8-10H2,1-2H3. The highest BCUT2D eigenvalue weighted by atomic mass is 14.2. The number of allylic oxidation sites excluding steroid dienone is 2. The van der Waals surface area contributed by atoms with Crippen molar-refractivity contribution in [1.82, 2.24) is 0 Å². The molecule has 1 aliphatic carbocycles. The van der Waals surface area contributed by atoms with E-state index in [4.69, 9.17) is 0 Å². The van der Waals surface area contributed by atoms with E-state index in [0.29, 0.717) is 0 Å². The predicted octanol–water partition coefficient (Wildman–Crippen LogP) is 4.28. The van der Waals surface area contributed by atoms with Crippen molar-refractivity contribution < 1.29 is 0 Å².